The van der Waals surface area contributed by atoms with Gasteiger partial charge < -0.3 is 29.6 Å². The molecule has 2 atom stereocenters. The van der Waals surface area contributed by atoms with Crippen LogP contribution in [0.1, 0.15) is 78.2 Å². The maximum atomic E-state index is 13.3. The highest BCUT2D eigenvalue weighted by Gasteiger charge is 2.42. The molecule has 0 aliphatic heterocycles. The van der Waals surface area contributed by atoms with E-state index in [1.165, 1.54) is 0 Å². The highest BCUT2D eigenvalue weighted by atomic mass is 79.9. The molecule has 0 aliphatic carbocycles. The molecule has 1 unspecified atom stereocenters. The number of nitrogens with one attached hydrogen (secondary N) is 2. The molecule has 0 saturated heterocycles. The standard InChI is InChI=1S/C31H41BrN2O8/c1-29(2,3)40-26(36)23(34-28(38)42-31(7,8)9)24(27(37)41-30(4,5)6)39-18-19-11-10-12-22(17-19)33-25(35)20-13-15-21(32)16-14-20/h10-17,23-24H,18H2,1-9H3,(H,33,35)(H,34,38)/t23-,24?/m0/s1. The molecule has 2 amide bonds. The summed E-state index contributed by atoms with van der Waals surface area (Å²) in [5.74, 6) is -2.09. The Balaban J connectivity index is 2.34. The lowest BCUT2D eigenvalue weighted by Gasteiger charge is -2.31. The van der Waals surface area contributed by atoms with E-state index in [1.807, 2.05) is 0 Å². The number of hydrogen-bond acceptors (Lipinski definition) is 8. The molecule has 0 saturated carbocycles. The summed E-state index contributed by atoms with van der Waals surface area (Å²) in [5, 5.41) is 5.26. The first-order valence-corrected chi connectivity index (χ1v) is 14.2. The number of esters is 2. The van der Waals surface area contributed by atoms with Crippen molar-refractivity contribution in [3.63, 3.8) is 0 Å². The van der Waals surface area contributed by atoms with Crippen molar-refractivity contribution in [1.29, 1.82) is 0 Å². The smallest absolute Gasteiger partial charge is 0.408 e. The van der Waals surface area contributed by atoms with Crippen molar-refractivity contribution in [1.82, 2.24) is 5.32 Å². The van der Waals surface area contributed by atoms with Crippen LogP contribution >= 0.6 is 15.9 Å². The molecule has 230 valence electrons. The lowest BCUT2D eigenvalue weighted by Crippen LogP contribution is -2.56. The summed E-state index contributed by atoms with van der Waals surface area (Å²) in [6.45, 7) is 14.8. The molecule has 0 radical (unpaired) electrons. The van der Waals surface area contributed by atoms with E-state index in [-0.39, 0.29) is 12.5 Å². The summed E-state index contributed by atoms with van der Waals surface area (Å²) in [7, 11) is 0. The Morgan fingerprint density at radius 1 is 0.762 bits per heavy atom. The summed E-state index contributed by atoms with van der Waals surface area (Å²) in [6, 6.07) is 12.1. The van der Waals surface area contributed by atoms with Crippen LogP contribution in [0.3, 0.4) is 0 Å². The molecule has 2 N–H and O–H groups in total. The van der Waals surface area contributed by atoms with Gasteiger partial charge in [0, 0.05) is 15.7 Å². The molecule has 0 fully saturated rings. The van der Waals surface area contributed by atoms with Gasteiger partial charge in [0.15, 0.2) is 12.1 Å². The third kappa shape index (κ3) is 12.6. The Bertz CT molecular complexity index is 1260. The molecule has 2 aromatic rings. The van der Waals surface area contributed by atoms with E-state index in [1.54, 1.807) is 111 Å². The highest BCUT2D eigenvalue weighted by Crippen LogP contribution is 2.20. The minimum atomic E-state index is -1.59. The van der Waals surface area contributed by atoms with Gasteiger partial charge in [0.1, 0.15) is 16.8 Å². The largest absolute Gasteiger partial charge is 0.458 e. The van der Waals surface area contributed by atoms with Crippen LogP contribution in [0.5, 0.6) is 0 Å². The first-order chi connectivity index (χ1) is 19.2. The van der Waals surface area contributed by atoms with E-state index in [4.69, 9.17) is 18.9 Å². The number of carbonyl (C=O) groups is 4. The third-order valence-corrected chi connectivity index (χ3v) is 5.52. The normalized spacial score (nSPS) is 13.4. The average Bonchev–Trinajstić information content (AvgIpc) is 2.80. The molecule has 0 spiro atoms. The van der Waals surface area contributed by atoms with Crippen LogP contribution in [0.4, 0.5) is 10.5 Å². The fraction of sp³-hybridized carbons (Fsp3) is 0.484. The van der Waals surface area contributed by atoms with Crippen LogP contribution in [-0.2, 0) is 35.1 Å². The molecule has 10 nitrogen and oxygen atoms in total. The quantitative estimate of drug-likeness (QED) is 0.244. The Labute approximate surface area is 255 Å². The maximum absolute atomic E-state index is 13.3. The second-order valence-corrected chi connectivity index (χ2v) is 13.5. The fourth-order valence-electron chi connectivity index (χ4n) is 3.45. The fourth-order valence-corrected chi connectivity index (χ4v) is 3.71. The zero-order chi connectivity index (χ0) is 31.9. The van der Waals surface area contributed by atoms with Gasteiger partial charge in [0.25, 0.3) is 5.91 Å². The SMILES string of the molecule is CC(C)(C)OC(=O)N[C@H](C(=O)OC(C)(C)C)C(OCc1cccc(NC(=O)c2ccc(Br)cc2)c1)C(=O)OC(C)(C)C. The van der Waals surface area contributed by atoms with Crippen molar-refractivity contribution in [3.8, 4) is 0 Å². The first-order valence-electron chi connectivity index (χ1n) is 13.5. The summed E-state index contributed by atoms with van der Waals surface area (Å²) >= 11 is 3.35. The molecule has 11 heteroatoms. The number of carbonyl (C=O) groups excluding carboxylic acids is 4. The Kier molecular flexibility index (Phi) is 11.7. The molecule has 42 heavy (non-hydrogen) atoms. The van der Waals surface area contributed by atoms with Gasteiger partial charge in [-0.1, -0.05) is 28.1 Å². The van der Waals surface area contributed by atoms with Crippen molar-refractivity contribution in [2.45, 2.75) is 97.9 Å². The minimum Gasteiger partial charge on any atom is -0.458 e. The average molecular weight is 650 g/mol. The predicted octanol–water partition coefficient (Wildman–Crippen LogP) is 6.16. The van der Waals surface area contributed by atoms with Crippen LogP contribution in [0, 0.1) is 0 Å². The van der Waals surface area contributed by atoms with Crippen molar-refractivity contribution >= 4 is 45.6 Å². The zero-order valence-electron chi connectivity index (χ0n) is 25.6. The molecule has 0 aromatic heterocycles. The lowest BCUT2D eigenvalue weighted by atomic mass is 10.1. The lowest BCUT2D eigenvalue weighted by molar-refractivity contribution is -0.180. The Hall–Kier alpha value is -3.44. The third-order valence-electron chi connectivity index (χ3n) is 5.00. The number of hydrogen-bond donors (Lipinski definition) is 2. The van der Waals surface area contributed by atoms with E-state index in [9.17, 15) is 19.2 Å². The van der Waals surface area contributed by atoms with E-state index < -0.39 is 47.0 Å². The van der Waals surface area contributed by atoms with E-state index >= 15 is 0 Å². The van der Waals surface area contributed by atoms with E-state index in [0.29, 0.717) is 16.8 Å². The molecule has 0 aliphatic rings. The van der Waals surface area contributed by atoms with Crippen LogP contribution in [-0.4, -0.2) is 52.9 Å². The van der Waals surface area contributed by atoms with Crippen LogP contribution in [0.25, 0.3) is 0 Å². The summed E-state index contributed by atoms with van der Waals surface area (Å²) < 4.78 is 23.2. The van der Waals surface area contributed by atoms with Crippen LogP contribution < -0.4 is 10.6 Å². The number of ether oxygens (including phenoxy) is 4. The molecule has 2 aromatic carbocycles. The monoisotopic (exact) mass is 648 g/mol. The van der Waals surface area contributed by atoms with Crippen LogP contribution in [0.15, 0.2) is 53.0 Å². The van der Waals surface area contributed by atoms with Crippen molar-refractivity contribution in [2.24, 2.45) is 0 Å². The number of amides is 2. The maximum Gasteiger partial charge on any atom is 0.408 e. The molecule has 0 heterocycles. The van der Waals surface area contributed by atoms with Gasteiger partial charge in [-0.25, -0.2) is 14.4 Å². The van der Waals surface area contributed by atoms with Crippen molar-refractivity contribution < 1.29 is 38.1 Å². The number of halogens is 1. The van der Waals surface area contributed by atoms with E-state index in [0.717, 1.165) is 4.47 Å². The summed E-state index contributed by atoms with van der Waals surface area (Å²) in [4.78, 5) is 52.0. The van der Waals surface area contributed by atoms with Gasteiger partial charge in [0.2, 0.25) is 0 Å². The zero-order valence-corrected chi connectivity index (χ0v) is 27.2. The van der Waals surface area contributed by atoms with Crippen molar-refractivity contribution in [2.75, 3.05) is 5.32 Å². The number of alkyl carbamates (subject to hydrolysis) is 1. The first kappa shape index (κ1) is 34.8. The van der Waals surface area contributed by atoms with E-state index in [2.05, 4.69) is 26.6 Å². The molecular formula is C31H41BrN2O8. The van der Waals surface area contributed by atoms with Gasteiger partial charge in [-0.15, -0.1) is 0 Å². The highest BCUT2D eigenvalue weighted by molar-refractivity contribution is 9.10. The van der Waals surface area contributed by atoms with Gasteiger partial charge in [0.05, 0.1) is 6.61 Å². The van der Waals surface area contributed by atoms with Gasteiger partial charge >= 0.3 is 18.0 Å². The molecular weight excluding hydrogens is 608 g/mol. The summed E-state index contributed by atoms with van der Waals surface area (Å²) in [5.41, 5.74) is -1.17. The number of anilines is 1. The number of benzene rings is 2. The van der Waals surface area contributed by atoms with Crippen molar-refractivity contribution in [3.05, 3.63) is 64.1 Å². The topological polar surface area (TPSA) is 129 Å². The van der Waals surface area contributed by atoms with Gasteiger partial charge in [-0.2, -0.15) is 0 Å². The molecule has 2 rings (SSSR count). The Morgan fingerprint density at radius 2 is 1.31 bits per heavy atom. The van der Waals surface area contributed by atoms with Gasteiger partial charge in [-0.3, -0.25) is 4.79 Å². The minimum absolute atomic E-state index is 0.165. The second-order valence-electron chi connectivity index (χ2n) is 12.6. The van der Waals surface area contributed by atoms with Gasteiger partial charge in [-0.05, 0) is 104 Å². The predicted molar refractivity (Wildman–Crippen MR) is 162 cm³/mol. The number of rotatable bonds is 9. The second kappa shape index (κ2) is 14.2. The molecule has 0 bridgehead atoms. The Morgan fingerprint density at radius 3 is 1.86 bits per heavy atom. The van der Waals surface area contributed by atoms with Crippen LogP contribution in [0.2, 0.25) is 0 Å². The summed E-state index contributed by atoms with van der Waals surface area (Å²) in [6.07, 6.45) is -2.53.